The normalized spacial score (nSPS) is 11.8. The van der Waals surface area contributed by atoms with Crippen LogP contribution in [0, 0.1) is 13.8 Å². The van der Waals surface area contributed by atoms with E-state index in [1.54, 1.807) is 73.8 Å². The Bertz CT molecular complexity index is 1580. The van der Waals surface area contributed by atoms with E-state index < -0.39 is 11.8 Å². The molecular weight excluding hydrogens is 546 g/mol. The van der Waals surface area contributed by atoms with Crippen molar-refractivity contribution >= 4 is 46.9 Å². The third kappa shape index (κ3) is 8.11. The Morgan fingerprint density at radius 2 is 1.50 bits per heavy atom. The smallest absolute Gasteiger partial charge is 0.272 e. The van der Waals surface area contributed by atoms with Crippen molar-refractivity contribution in [1.29, 1.82) is 0 Å². The second-order valence-electron chi connectivity index (χ2n) is 9.63. The summed E-state index contributed by atoms with van der Waals surface area (Å²) in [5.41, 5.74) is 4.76. The number of amides is 3. The van der Waals surface area contributed by atoms with E-state index in [1.165, 1.54) is 11.8 Å². The molecule has 0 saturated heterocycles. The lowest BCUT2D eigenvalue weighted by molar-refractivity contribution is -0.115. The molecule has 8 heteroatoms. The Morgan fingerprint density at radius 1 is 0.810 bits per heavy atom. The Labute approximate surface area is 250 Å². The van der Waals surface area contributed by atoms with Gasteiger partial charge in [-0.05, 0) is 98.1 Å². The molecule has 0 aliphatic carbocycles. The molecule has 0 aliphatic heterocycles. The van der Waals surface area contributed by atoms with Gasteiger partial charge in [-0.2, -0.15) is 0 Å². The molecule has 0 aromatic heterocycles. The lowest BCUT2D eigenvalue weighted by Gasteiger charge is -2.15. The number of ether oxygens (including phenoxy) is 1. The molecule has 7 nitrogen and oxygen atoms in total. The SMILES string of the molecule is COc1ccc(/C=C(\NC(=O)c2ccccc2)C(=O)Nc2ccc(SC(C)C(=O)Nc3cccc(C)c3C)cc2)cc1. The van der Waals surface area contributed by atoms with Crippen molar-refractivity contribution in [2.24, 2.45) is 0 Å². The van der Waals surface area contributed by atoms with Gasteiger partial charge < -0.3 is 20.7 Å². The molecule has 4 rings (SSSR count). The van der Waals surface area contributed by atoms with Crippen LogP contribution >= 0.6 is 11.8 Å². The van der Waals surface area contributed by atoms with Crippen LogP contribution < -0.4 is 20.7 Å². The first-order valence-corrected chi connectivity index (χ1v) is 14.3. The van der Waals surface area contributed by atoms with E-state index in [9.17, 15) is 14.4 Å². The van der Waals surface area contributed by atoms with Crippen molar-refractivity contribution in [1.82, 2.24) is 5.32 Å². The van der Waals surface area contributed by atoms with Gasteiger partial charge in [0.15, 0.2) is 0 Å². The molecule has 1 atom stereocenters. The van der Waals surface area contributed by atoms with Gasteiger partial charge in [-0.1, -0.05) is 42.5 Å². The minimum absolute atomic E-state index is 0.0872. The van der Waals surface area contributed by atoms with Crippen molar-refractivity contribution in [3.63, 3.8) is 0 Å². The average molecular weight is 580 g/mol. The summed E-state index contributed by atoms with van der Waals surface area (Å²) in [6, 6.07) is 28.9. The highest BCUT2D eigenvalue weighted by molar-refractivity contribution is 8.00. The van der Waals surface area contributed by atoms with E-state index in [4.69, 9.17) is 4.74 Å². The summed E-state index contributed by atoms with van der Waals surface area (Å²) in [4.78, 5) is 39.9. The predicted octanol–water partition coefficient (Wildman–Crippen LogP) is 6.84. The number of carbonyl (C=O) groups excluding carboxylic acids is 3. The van der Waals surface area contributed by atoms with E-state index in [0.717, 1.165) is 21.7 Å². The number of benzene rings is 4. The summed E-state index contributed by atoms with van der Waals surface area (Å²) < 4.78 is 5.21. The first-order chi connectivity index (χ1) is 20.2. The van der Waals surface area contributed by atoms with Crippen LogP contribution in [0.3, 0.4) is 0 Å². The standard InChI is InChI=1S/C34H33N3O4S/c1-22-9-8-12-30(23(22)2)36-32(38)24(3)42-29-19-15-27(16-20-29)35-34(40)31(21-25-13-17-28(41-4)18-14-25)37-33(39)26-10-6-5-7-11-26/h5-21,24H,1-4H3,(H,35,40)(H,36,38)(H,37,39)/b31-21-. The molecule has 0 heterocycles. The predicted molar refractivity (Wildman–Crippen MR) is 170 cm³/mol. The summed E-state index contributed by atoms with van der Waals surface area (Å²) in [5.74, 6) is -0.280. The minimum atomic E-state index is -0.475. The van der Waals surface area contributed by atoms with Crippen LogP contribution in [0.1, 0.15) is 34.0 Å². The quantitative estimate of drug-likeness (QED) is 0.141. The van der Waals surface area contributed by atoms with Crippen LogP contribution in [0.4, 0.5) is 11.4 Å². The highest BCUT2D eigenvalue weighted by Crippen LogP contribution is 2.27. The van der Waals surface area contributed by atoms with Crippen molar-refractivity contribution in [2.75, 3.05) is 17.7 Å². The maximum Gasteiger partial charge on any atom is 0.272 e. The number of nitrogens with one attached hydrogen (secondary N) is 3. The molecule has 0 aliphatic rings. The number of thioether (sulfide) groups is 1. The third-order valence-corrected chi connectivity index (χ3v) is 7.72. The van der Waals surface area contributed by atoms with Gasteiger partial charge in [0.2, 0.25) is 5.91 Å². The first-order valence-electron chi connectivity index (χ1n) is 13.4. The fourth-order valence-corrected chi connectivity index (χ4v) is 4.87. The molecule has 214 valence electrons. The molecule has 0 spiro atoms. The topological polar surface area (TPSA) is 96.5 Å². The monoisotopic (exact) mass is 579 g/mol. The van der Waals surface area contributed by atoms with Crippen LogP contribution in [0.15, 0.2) is 108 Å². The van der Waals surface area contributed by atoms with Gasteiger partial charge in [-0.3, -0.25) is 14.4 Å². The van der Waals surface area contributed by atoms with Gasteiger partial charge in [0.05, 0.1) is 12.4 Å². The van der Waals surface area contributed by atoms with Gasteiger partial charge in [0.25, 0.3) is 11.8 Å². The van der Waals surface area contributed by atoms with Crippen molar-refractivity contribution in [3.8, 4) is 5.75 Å². The van der Waals surface area contributed by atoms with E-state index in [0.29, 0.717) is 22.6 Å². The molecular formula is C34H33N3O4S. The van der Waals surface area contributed by atoms with E-state index >= 15 is 0 Å². The van der Waals surface area contributed by atoms with Crippen LogP contribution in [-0.4, -0.2) is 30.1 Å². The number of hydrogen-bond acceptors (Lipinski definition) is 5. The Kier molecular flexibility index (Phi) is 10.2. The highest BCUT2D eigenvalue weighted by atomic mass is 32.2. The zero-order chi connectivity index (χ0) is 30.1. The summed E-state index contributed by atoms with van der Waals surface area (Å²) in [6.07, 6.45) is 1.61. The molecule has 3 amide bonds. The zero-order valence-corrected chi connectivity index (χ0v) is 24.8. The number of methoxy groups -OCH3 is 1. The second kappa shape index (κ2) is 14.2. The van der Waals surface area contributed by atoms with Gasteiger partial charge in [-0.25, -0.2) is 0 Å². The zero-order valence-electron chi connectivity index (χ0n) is 23.9. The van der Waals surface area contributed by atoms with Gasteiger partial charge >= 0.3 is 0 Å². The maximum absolute atomic E-state index is 13.3. The number of carbonyl (C=O) groups is 3. The molecule has 4 aromatic carbocycles. The van der Waals surface area contributed by atoms with Crippen LogP contribution in [0.25, 0.3) is 6.08 Å². The van der Waals surface area contributed by atoms with Crippen LogP contribution in [0.5, 0.6) is 5.75 Å². The number of rotatable bonds is 10. The summed E-state index contributed by atoms with van der Waals surface area (Å²) in [5, 5.41) is 8.27. The molecule has 42 heavy (non-hydrogen) atoms. The molecule has 0 bridgehead atoms. The van der Waals surface area contributed by atoms with Crippen molar-refractivity contribution in [3.05, 3.63) is 125 Å². The van der Waals surface area contributed by atoms with Crippen LogP contribution in [-0.2, 0) is 9.59 Å². The number of hydrogen-bond donors (Lipinski definition) is 3. The molecule has 0 fully saturated rings. The largest absolute Gasteiger partial charge is 0.497 e. The van der Waals surface area contributed by atoms with Crippen molar-refractivity contribution < 1.29 is 19.1 Å². The average Bonchev–Trinajstić information content (AvgIpc) is 3.00. The Morgan fingerprint density at radius 3 is 2.17 bits per heavy atom. The van der Waals surface area contributed by atoms with E-state index in [1.807, 2.05) is 57.2 Å². The van der Waals surface area contributed by atoms with Crippen molar-refractivity contribution in [2.45, 2.75) is 30.9 Å². The highest BCUT2D eigenvalue weighted by Gasteiger charge is 2.17. The van der Waals surface area contributed by atoms with Crippen LogP contribution in [0.2, 0.25) is 0 Å². The first kappa shape index (κ1) is 30.1. The fourth-order valence-electron chi connectivity index (χ4n) is 4.00. The molecule has 1 unspecified atom stereocenters. The second-order valence-corrected chi connectivity index (χ2v) is 11.0. The molecule has 4 aromatic rings. The number of anilines is 2. The minimum Gasteiger partial charge on any atom is -0.497 e. The summed E-state index contributed by atoms with van der Waals surface area (Å²) >= 11 is 1.42. The summed E-state index contributed by atoms with van der Waals surface area (Å²) in [7, 11) is 1.58. The Hall–Kier alpha value is -4.82. The maximum atomic E-state index is 13.3. The summed E-state index contributed by atoms with van der Waals surface area (Å²) in [6.45, 7) is 5.85. The van der Waals surface area contributed by atoms with E-state index in [2.05, 4.69) is 16.0 Å². The van der Waals surface area contributed by atoms with Gasteiger partial charge in [0, 0.05) is 21.8 Å². The molecule has 0 saturated carbocycles. The van der Waals surface area contributed by atoms with Gasteiger partial charge in [-0.15, -0.1) is 11.8 Å². The Balaban J connectivity index is 1.44. The molecule has 0 radical (unpaired) electrons. The van der Waals surface area contributed by atoms with E-state index in [-0.39, 0.29) is 16.9 Å². The third-order valence-electron chi connectivity index (χ3n) is 6.61. The lowest BCUT2D eigenvalue weighted by Crippen LogP contribution is -2.30. The number of aryl methyl sites for hydroxylation is 1. The van der Waals surface area contributed by atoms with Gasteiger partial charge in [0.1, 0.15) is 11.4 Å². The fraction of sp³-hybridized carbons (Fsp3) is 0.147. The lowest BCUT2D eigenvalue weighted by atomic mass is 10.1. The molecule has 3 N–H and O–H groups in total.